The summed E-state index contributed by atoms with van der Waals surface area (Å²) in [6.45, 7) is 0. The molecule has 0 fully saturated rings. The second-order valence-corrected chi connectivity index (χ2v) is 2.62. The zero-order chi connectivity index (χ0) is 9.26. The molecule has 2 heterocycles. The van der Waals surface area contributed by atoms with Gasteiger partial charge >= 0.3 is 5.76 Å². The topological polar surface area (TPSA) is 71.8 Å². The van der Waals surface area contributed by atoms with Gasteiger partial charge in [-0.05, 0) is 12.1 Å². The summed E-state index contributed by atoms with van der Waals surface area (Å²) in [6.07, 6.45) is 1.54. The van der Waals surface area contributed by atoms with Crippen LogP contribution in [0.25, 0.3) is 11.5 Å². The highest BCUT2D eigenvalue weighted by Crippen LogP contribution is 2.21. The second-order valence-electron chi connectivity index (χ2n) is 2.26. The first-order valence-electron chi connectivity index (χ1n) is 3.44. The van der Waals surface area contributed by atoms with E-state index in [-0.39, 0.29) is 11.0 Å². The van der Waals surface area contributed by atoms with E-state index >= 15 is 0 Å². The van der Waals surface area contributed by atoms with Crippen LogP contribution in [-0.4, -0.2) is 15.2 Å². The smallest absolute Gasteiger partial charge is 0.388 e. The van der Waals surface area contributed by atoms with Gasteiger partial charge in [0.2, 0.25) is 0 Å². The highest BCUT2D eigenvalue weighted by Gasteiger charge is 2.09. The van der Waals surface area contributed by atoms with Gasteiger partial charge in [0, 0.05) is 6.20 Å². The Labute approximate surface area is 77.4 Å². The Balaban J connectivity index is 2.58. The molecule has 0 saturated heterocycles. The van der Waals surface area contributed by atoms with E-state index in [2.05, 4.69) is 15.2 Å². The first-order valence-corrected chi connectivity index (χ1v) is 3.81. The normalized spacial score (nSPS) is 10.2. The van der Waals surface area contributed by atoms with Crippen LogP contribution in [0.3, 0.4) is 0 Å². The van der Waals surface area contributed by atoms with Crippen molar-refractivity contribution in [2.75, 3.05) is 0 Å². The van der Waals surface area contributed by atoms with E-state index in [1.165, 1.54) is 6.20 Å². The molecule has 0 atom stereocenters. The minimum Gasteiger partial charge on any atom is -0.388 e. The van der Waals surface area contributed by atoms with Gasteiger partial charge in [0.25, 0.3) is 5.89 Å². The molecule has 0 amide bonds. The fourth-order valence-corrected chi connectivity index (χ4v) is 1.09. The van der Waals surface area contributed by atoms with Crippen molar-refractivity contribution in [1.29, 1.82) is 0 Å². The van der Waals surface area contributed by atoms with Crippen LogP contribution in [0.15, 0.2) is 27.5 Å². The predicted molar refractivity (Wildman–Crippen MR) is 45.4 cm³/mol. The number of hydrogen-bond acceptors (Lipinski definition) is 4. The largest absolute Gasteiger partial charge is 0.434 e. The van der Waals surface area contributed by atoms with Gasteiger partial charge in [-0.1, -0.05) is 11.6 Å². The third-order valence-corrected chi connectivity index (χ3v) is 1.73. The lowest BCUT2D eigenvalue weighted by molar-refractivity contribution is 0.527. The Kier molecular flexibility index (Phi) is 1.86. The van der Waals surface area contributed by atoms with E-state index in [1.807, 2.05) is 0 Å². The van der Waals surface area contributed by atoms with Crippen LogP contribution < -0.4 is 5.76 Å². The molecule has 0 radical (unpaired) electrons. The minimum atomic E-state index is -0.616. The number of pyridine rings is 1. The van der Waals surface area contributed by atoms with Crippen molar-refractivity contribution in [2.45, 2.75) is 0 Å². The Hall–Kier alpha value is -1.62. The average Bonchev–Trinajstić information content (AvgIpc) is 2.53. The van der Waals surface area contributed by atoms with Gasteiger partial charge in [0.15, 0.2) is 0 Å². The molecule has 0 aliphatic carbocycles. The van der Waals surface area contributed by atoms with E-state index in [0.29, 0.717) is 5.56 Å². The zero-order valence-electron chi connectivity index (χ0n) is 6.32. The van der Waals surface area contributed by atoms with Gasteiger partial charge in [-0.15, -0.1) is 5.10 Å². The highest BCUT2D eigenvalue weighted by molar-refractivity contribution is 6.31. The molecule has 6 heteroatoms. The van der Waals surface area contributed by atoms with E-state index in [9.17, 15) is 4.79 Å². The number of aromatic nitrogens is 3. The van der Waals surface area contributed by atoms with Gasteiger partial charge in [0.05, 0.1) is 5.56 Å². The maximum absolute atomic E-state index is 10.6. The molecule has 2 aromatic heterocycles. The van der Waals surface area contributed by atoms with Crippen molar-refractivity contribution < 1.29 is 4.42 Å². The van der Waals surface area contributed by atoms with Crippen molar-refractivity contribution in [1.82, 2.24) is 15.2 Å². The van der Waals surface area contributed by atoms with E-state index in [1.54, 1.807) is 12.1 Å². The van der Waals surface area contributed by atoms with Crippen LogP contribution in [0.1, 0.15) is 0 Å². The minimum absolute atomic E-state index is 0.142. The molecule has 1 N–H and O–H groups in total. The van der Waals surface area contributed by atoms with Crippen molar-refractivity contribution in [3.05, 3.63) is 34.0 Å². The summed E-state index contributed by atoms with van der Waals surface area (Å²) in [6, 6.07) is 3.34. The fraction of sp³-hybridized carbons (Fsp3) is 0. The summed E-state index contributed by atoms with van der Waals surface area (Å²) in [5.74, 6) is -0.474. The summed E-state index contributed by atoms with van der Waals surface area (Å²) in [7, 11) is 0. The Morgan fingerprint density at radius 3 is 3.00 bits per heavy atom. The second kappa shape index (κ2) is 3.02. The maximum Gasteiger partial charge on any atom is 0.434 e. The van der Waals surface area contributed by atoms with Crippen LogP contribution >= 0.6 is 11.6 Å². The first-order chi connectivity index (χ1) is 6.27. The molecule has 0 aliphatic heterocycles. The lowest BCUT2D eigenvalue weighted by Crippen LogP contribution is -1.93. The van der Waals surface area contributed by atoms with E-state index in [0.717, 1.165) is 0 Å². The number of nitrogens with zero attached hydrogens (tertiary/aromatic N) is 2. The number of nitrogens with one attached hydrogen (secondary N) is 1. The van der Waals surface area contributed by atoms with Crippen molar-refractivity contribution >= 4 is 11.6 Å². The molecule has 0 unspecified atom stereocenters. The van der Waals surface area contributed by atoms with Crippen molar-refractivity contribution in [3.63, 3.8) is 0 Å². The van der Waals surface area contributed by atoms with Crippen molar-refractivity contribution in [3.8, 4) is 11.5 Å². The van der Waals surface area contributed by atoms with E-state index < -0.39 is 5.76 Å². The van der Waals surface area contributed by atoms with Crippen LogP contribution in [0.2, 0.25) is 5.15 Å². The lowest BCUT2D eigenvalue weighted by atomic mass is 10.3. The van der Waals surface area contributed by atoms with Crippen LogP contribution in [0.4, 0.5) is 0 Å². The van der Waals surface area contributed by atoms with Gasteiger partial charge in [-0.2, -0.15) is 0 Å². The van der Waals surface area contributed by atoms with E-state index in [4.69, 9.17) is 16.0 Å². The van der Waals surface area contributed by atoms with Gasteiger partial charge in [0.1, 0.15) is 5.15 Å². The van der Waals surface area contributed by atoms with Crippen LogP contribution in [-0.2, 0) is 0 Å². The third-order valence-electron chi connectivity index (χ3n) is 1.43. The van der Waals surface area contributed by atoms with Gasteiger partial charge in [-0.25, -0.2) is 14.9 Å². The maximum atomic E-state index is 10.6. The molecule has 5 nitrogen and oxygen atoms in total. The summed E-state index contributed by atoms with van der Waals surface area (Å²) in [4.78, 5) is 14.4. The number of halogens is 1. The van der Waals surface area contributed by atoms with Gasteiger partial charge in [-0.3, -0.25) is 0 Å². The summed E-state index contributed by atoms with van der Waals surface area (Å²) < 4.78 is 4.70. The summed E-state index contributed by atoms with van der Waals surface area (Å²) >= 11 is 5.74. The molecule has 0 spiro atoms. The Morgan fingerprint density at radius 1 is 1.54 bits per heavy atom. The molecule has 2 aromatic rings. The molecule has 0 aromatic carbocycles. The number of hydrogen-bond donors (Lipinski definition) is 1. The molecule has 0 saturated carbocycles. The quantitative estimate of drug-likeness (QED) is 0.695. The number of H-pyrrole nitrogens is 1. The lowest BCUT2D eigenvalue weighted by Gasteiger charge is -1.94. The molecule has 13 heavy (non-hydrogen) atoms. The van der Waals surface area contributed by atoms with Crippen LogP contribution in [0.5, 0.6) is 0 Å². The monoisotopic (exact) mass is 197 g/mol. The van der Waals surface area contributed by atoms with Gasteiger partial charge < -0.3 is 4.42 Å². The molecule has 0 bridgehead atoms. The third kappa shape index (κ3) is 1.46. The fourth-order valence-electron chi connectivity index (χ4n) is 0.891. The zero-order valence-corrected chi connectivity index (χ0v) is 7.08. The highest BCUT2D eigenvalue weighted by atomic mass is 35.5. The average molecular weight is 198 g/mol. The molecular weight excluding hydrogens is 194 g/mol. The number of rotatable bonds is 1. The molecular formula is C7H4ClN3O2. The Morgan fingerprint density at radius 2 is 2.38 bits per heavy atom. The summed E-state index contributed by atoms with van der Waals surface area (Å²) in [5.41, 5.74) is 0.488. The van der Waals surface area contributed by atoms with Crippen molar-refractivity contribution in [2.24, 2.45) is 0 Å². The molecule has 2 rings (SSSR count). The Bertz CT molecular complexity index is 476. The molecule has 0 aliphatic rings. The predicted octanol–water partition coefficient (Wildman–Crippen LogP) is 1.08. The summed E-state index contributed by atoms with van der Waals surface area (Å²) in [5, 5.41) is 6.00. The van der Waals surface area contributed by atoms with Crippen LogP contribution in [0, 0.1) is 0 Å². The molecule has 66 valence electrons. The SMILES string of the molecule is O=c1[nH]nc(-c2cccnc2Cl)o1. The standard InChI is InChI=1S/C7H4ClN3O2/c8-5-4(2-1-3-9-5)6-10-11-7(12)13-6/h1-3H,(H,11,12). The first kappa shape index (κ1) is 8.00. The number of aromatic amines is 1.